The summed E-state index contributed by atoms with van der Waals surface area (Å²) < 4.78 is 47.2. The molecule has 0 saturated heterocycles. The molecule has 6 aromatic carbocycles. The summed E-state index contributed by atoms with van der Waals surface area (Å²) in [5.41, 5.74) is 1.07. The third-order valence-corrected chi connectivity index (χ3v) is 12.8. The number of sulfonamides is 2. The molecular weight excluding hydrogens is 935 g/mol. The molecule has 2 aliphatic heterocycles. The van der Waals surface area contributed by atoms with Crippen molar-refractivity contribution in [1.29, 1.82) is 0 Å². The predicted molar refractivity (Wildman–Crippen MR) is 240 cm³/mol. The number of amidine groups is 2. The third kappa shape index (κ3) is 9.61. The highest BCUT2D eigenvalue weighted by atomic mass is 79.9. The van der Waals surface area contributed by atoms with Crippen molar-refractivity contribution < 1.29 is 27.0 Å². The van der Waals surface area contributed by atoms with Gasteiger partial charge in [0.25, 0.3) is 0 Å². The number of hydrogen-bond acceptors (Lipinski definition) is 10. The largest absolute Gasteiger partial charge is 0.364 e. The monoisotopic (exact) mass is 966 g/mol. The van der Waals surface area contributed by atoms with Gasteiger partial charge >= 0.3 is 0 Å². The Morgan fingerprint density at radius 3 is 1.12 bits per heavy atom. The molecule has 2 atom stereocenters. The molecule has 0 amide bonds. The van der Waals surface area contributed by atoms with Crippen molar-refractivity contribution in [3.63, 3.8) is 0 Å². The van der Waals surface area contributed by atoms with Gasteiger partial charge in [-0.3, -0.25) is 0 Å². The van der Waals surface area contributed by atoms with E-state index in [1.165, 1.54) is 24.3 Å². The van der Waals surface area contributed by atoms with Crippen LogP contribution in [0.1, 0.15) is 22.3 Å². The van der Waals surface area contributed by atoms with E-state index in [4.69, 9.17) is 45.1 Å². The lowest BCUT2D eigenvalue weighted by Crippen LogP contribution is -2.34. The van der Waals surface area contributed by atoms with E-state index in [-0.39, 0.29) is 22.9 Å². The van der Waals surface area contributed by atoms with E-state index in [1.54, 1.807) is 97.1 Å². The van der Waals surface area contributed by atoms with Crippen LogP contribution in [0.2, 0.25) is 15.1 Å². The van der Waals surface area contributed by atoms with Gasteiger partial charge in [-0.15, -0.1) is 0 Å². The van der Waals surface area contributed by atoms with E-state index in [2.05, 4.69) is 25.9 Å². The number of nitrogens with zero attached hydrogens (tertiary/aromatic N) is 4. The second kappa shape index (κ2) is 17.0. The smallest absolute Gasteiger partial charge is 0.238 e. The van der Waals surface area contributed by atoms with E-state index >= 15 is 0 Å². The average molecular weight is 969 g/mol. The summed E-state index contributed by atoms with van der Waals surface area (Å²) in [6.07, 6.45) is 0. The molecule has 0 aromatic heterocycles. The molecule has 0 aliphatic carbocycles. The molecule has 308 valence electrons. The normalized spacial score (nSPS) is 19.1. The topological polar surface area (TPSA) is 192 Å². The van der Waals surface area contributed by atoms with E-state index < -0.39 is 31.5 Å². The quantitative estimate of drug-likeness (QED) is 0.120. The molecule has 60 heavy (non-hydrogen) atoms. The minimum absolute atomic E-state index is 0.00314. The number of anilines is 2. The summed E-state index contributed by atoms with van der Waals surface area (Å²) in [7, 11) is -7.61. The van der Waals surface area contributed by atoms with Crippen LogP contribution in [0.5, 0.6) is 0 Å². The molecule has 0 spiro atoms. The summed E-state index contributed by atoms with van der Waals surface area (Å²) in [6.45, 7) is 0.280. The summed E-state index contributed by atoms with van der Waals surface area (Å²) in [5.74, 6) is 1.06. The number of rotatable bonds is 8. The fourth-order valence-electron chi connectivity index (χ4n) is 6.58. The van der Waals surface area contributed by atoms with Crippen molar-refractivity contribution in [2.45, 2.75) is 21.2 Å². The van der Waals surface area contributed by atoms with Gasteiger partial charge in [0.2, 0.25) is 31.5 Å². The minimum atomic E-state index is -3.81. The summed E-state index contributed by atoms with van der Waals surface area (Å²) in [6, 6.07) is 40.6. The first kappa shape index (κ1) is 43.4. The van der Waals surface area contributed by atoms with Crippen LogP contribution >= 0.6 is 50.7 Å². The number of nitrogens with two attached hydrogens (primary N) is 2. The van der Waals surface area contributed by atoms with Crippen LogP contribution in [-0.2, 0) is 31.5 Å². The number of β-amino-alcohol motifs (C(OH)–C–C–N with tert-alkyl or cyclic N) is 2. The first-order chi connectivity index (χ1) is 28.3. The maximum absolute atomic E-state index is 11.6. The van der Waals surface area contributed by atoms with Crippen LogP contribution in [-0.4, -0.2) is 51.8 Å². The van der Waals surface area contributed by atoms with Gasteiger partial charge in [-0.05, 0) is 121 Å². The Kier molecular flexibility index (Phi) is 12.3. The van der Waals surface area contributed by atoms with Crippen molar-refractivity contribution in [2.24, 2.45) is 20.3 Å². The summed E-state index contributed by atoms with van der Waals surface area (Å²) in [4.78, 5) is 12.9. The summed E-state index contributed by atoms with van der Waals surface area (Å²) in [5, 5.41) is 34.8. The van der Waals surface area contributed by atoms with Crippen LogP contribution in [0.3, 0.4) is 0 Å². The zero-order valence-corrected chi connectivity index (χ0v) is 36.6. The molecule has 18 heteroatoms. The Morgan fingerprint density at radius 2 is 0.800 bits per heavy atom. The van der Waals surface area contributed by atoms with Crippen molar-refractivity contribution in [2.75, 3.05) is 22.9 Å². The lowest BCUT2D eigenvalue weighted by Gasteiger charge is -2.24. The second-order valence-corrected chi connectivity index (χ2v) is 19.1. The maximum atomic E-state index is 11.6. The molecule has 6 aromatic rings. The zero-order chi connectivity index (χ0) is 43.0. The number of aliphatic imine (C=N–C) groups is 2. The predicted octanol–water partition coefficient (Wildman–Crippen LogP) is 7.61. The molecule has 8 rings (SSSR count). The van der Waals surface area contributed by atoms with Gasteiger partial charge in [-0.1, -0.05) is 75.0 Å². The van der Waals surface area contributed by atoms with Crippen molar-refractivity contribution in [3.05, 3.63) is 187 Å². The first-order valence-electron chi connectivity index (χ1n) is 17.8. The third-order valence-electron chi connectivity index (χ3n) is 9.62. The van der Waals surface area contributed by atoms with E-state index in [9.17, 15) is 27.0 Å². The van der Waals surface area contributed by atoms with Crippen molar-refractivity contribution in [3.8, 4) is 0 Å². The Labute approximate surface area is 370 Å². The molecule has 6 N–H and O–H groups in total. The lowest BCUT2D eigenvalue weighted by atomic mass is 10.0. The highest BCUT2D eigenvalue weighted by Gasteiger charge is 2.41. The van der Waals surface area contributed by atoms with Gasteiger partial charge in [0, 0.05) is 53.2 Å². The van der Waals surface area contributed by atoms with Gasteiger partial charge in [-0.2, -0.15) is 0 Å². The van der Waals surface area contributed by atoms with Gasteiger partial charge < -0.3 is 20.0 Å². The first-order valence-corrected chi connectivity index (χ1v) is 22.8. The fourth-order valence-corrected chi connectivity index (χ4v) is 8.25. The Bertz CT molecular complexity index is 2620. The van der Waals surface area contributed by atoms with Crippen LogP contribution in [0, 0.1) is 0 Å². The zero-order valence-electron chi connectivity index (χ0n) is 31.1. The highest BCUT2D eigenvalue weighted by molar-refractivity contribution is 9.10. The molecule has 0 fully saturated rings. The number of halogens is 4. The van der Waals surface area contributed by atoms with Crippen molar-refractivity contribution in [1.82, 2.24) is 0 Å². The van der Waals surface area contributed by atoms with E-state index in [0.717, 1.165) is 15.6 Å². The van der Waals surface area contributed by atoms with Gasteiger partial charge in [-0.25, -0.2) is 37.1 Å². The van der Waals surface area contributed by atoms with Gasteiger partial charge in [0.15, 0.2) is 0 Å². The average Bonchev–Trinajstić information content (AvgIpc) is 3.77. The van der Waals surface area contributed by atoms with Crippen LogP contribution in [0.25, 0.3) is 0 Å². The standard InChI is InChI=1S/C21H17BrClN3O3S.C21H17Cl2N3O3S/c22-16-5-3-15(4-6-16)21(27)13-26(18-9-11-19(12-10-18)30(24,28)29)20(25-21)14-1-7-17(23)8-2-14;22-16-5-1-14(2-6-16)20-25-21(27,15-3-7-17(23)8-4-15)13-26(20)18-9-11-19(12-10-18)30(24,28)29/h2*1-12,27H,13H2,(H2,24,28,29). The fraction of sp³-hybridized carbons (Fsp3) is 0.0952. The van der Waals surface area contributed by atoms with Gasteiger partial charge in [0.1, 0.15) is 11.7 Å². The number of benzene rings is 6. The molecule has 0 bridgehead atoms. The lowest BCUT2D eigenvalue weighted by molar-refractivity contribution is 0.0643. The molecule has 2 heterocycles. The minimum Gasteiger partial charge on any atom is -0.364 e. The molecule has 12 nitrogen and oxygen atoms in total. The molecule has 2 aliphatic rings. The van der Waals surface area contributed by atoms with Crippen LogP contribution in [0.15, 0.2) is 170 Å². The van der Waals surface area contributed by atoms with Crippen LogP contribution < -0.4 is 20.1 Å². The summed E-state index contributed by atoms with van der Waals surface area (Å²) >= 11 is 21.4. The van der Waals surface area contributed by atoms with E-state index in [1.807, 2.05) is 34.1 Å². The molecule has 0 radical (unpaired) electrons. The molecular formula is C42H34BrCl3N6O6S2. The Hall–Kier alpha value is -4.65. The number of primary sulfonamides is 2. The second-order valence-electron chi connectivity index (χ2n) is 13.8. The Morgan fingerprint density at radius 1 is 0.500 bits per heavy atom. The van der Waals surface area contributed by atoms with Gasteiger partial charge in [0.05, 0.1) is 22.9 Å². The maximum Gasteiger partial charge on any atom is 0.238 e. The number of hydrogen-bond donors (Lipinski definition) is 4. The highest BCUT2D eigenvalue weighted by Crippen LogP contribution is 2.37. The van der Waals surface area contributed by atoms with Crippen LogP contribution in [0.4, 0.5) is 11.4 Å². The number of aliphatic hydroxyl groups is 2. The van der Waals surface area contributed by atoms with E-state index in [0.29, 0.717) is 49.2 Å². The van der Waals surface area contributed by atoms with Crippen molar-refractivity contribution >= 4 is 93.8 Å². The molecule has 2 unspecified atom stereocenters. The molecule has 0 saturated carbocycles. The Balaban J connectivity index is 0.000000181. The SMILES string of the molecule is NS(=O)(=O)c1ccc(N2CC(O)(c3ccc(Br)cc3)N=C2c2ccc(Cl)cc2)cc1.NS(=O)(=O)c1ccc(N2CC(O)(c3ccc(Cl)cc3)N=C2c2ccc(Cl)cc2)cc1.